The highest BCUT2D eigenvalue weighted by Crippen LogP contribution is 2.36. The molecule has 11 nitrogen and oxygen atoms in total. The Morgan fingerprint density at radius 1 is 1.00 bits per heavy atom. The van der Waals surface area contributed by atoms with Crippen molar-refractivity contribution in [2.75, 3.05) is 43.4 Å². The molecule has 1 aliphatic carbocycles. The Kier molecular flexibility index (Phi) is 8.18. The number of hydrogen-bond donors (Lipinski definition) is 2. The maximum Gasteiger partial charge on any atom is 0.284 e. The number of nitrogens with one attached hydrogen (secondary N) is 1. The highest BCUT2D eigenvalue weighted by atomic mass is 19.3. The lowest BCUT2D eigenvalue weighted by molar-refractivity contribution is -0.135. The van der Waals surface area contributed by atoms with E-state index < -0.39 is 12.5 Å². The highest BCUT2D eigenvalue weighted by Gasteiger charge is 2.31. The van der Waals surface area contributed by atoms with Crippen LogP contribution in [0.2, 0.25) is 0 Å². The number of aromatic nitrogens is 5. The zero-order chi connectivity index (χ0) is 31.9. The molecule has 0 spiro atoms. The quantitative estimate of drug-likeness (QED) is 0.282. The van der Waals surface area contributed by atoms with Crippen molar-refractivity contribution in [3.8, 4) is 11.1 Å². The summed E-state index contributed by atoms with van der Waals surface area (Å²) < 4.78 is 29.6. The molecule has 3 aromatic heterocycles. The molecule has 2 aliphatic heterocycles. The fourth-order valence-electron chi connectivity index (χ4n) is 7.40. The van der Waals surface area contributed by atoms with Crippen molar-refractivity contribution < 1.29 is 18.4 Å². The third-order valence-electron chi connectivity index (χ3n) is 9.87. The first kappa shape index (κ1) is 30.3. The lowest BCUT2D eigenvalue weighted by atomic mass is 9.85. The second-order valence-corrected chi connectivity index (χ2v) is 12.8. The number of amides is 2. The highest BCUT2D eigenvalue weighted by molar-refractivity contribution is 6.01. The number of nitrogens with zero attached hydrogens (tertiary/aromatic N) is 7. The van der Waals surface area contributed by atoms with Gasteiger partial charge in [0.05, 0.1) is 22.9 Å². The van der Waals surface area contributed by atoms with Gasteiger partial charge in [0.25, 0.3) is 12.3 Å². The van der Waals surface area contributed by atoms with E-state index in [-0.39, 0.29) is 29.2 Å². The van der Waals surface area contributed by atoms with Crippen LogP contribution >= 0.6 is 0 Å². The molecule has 4 aromatic rings. The minimum absolute atomic E-state index is 0.0746. The zero-order valence-corrected chi connectivity index (χ0v) is 25.9. The van der Waals surface area contributed by atoms with E-state index in [4.69, 9.17) is 15.8 Å². The van der Waals surface area contributed by atoms with E-state index in [1.807, 2.05) is 25.3 Å². The van der Waals surface area contributed by atoms with Gasteiger partial charge in [-0.25, -0.2) is 13.8 Å². The molecular formula is C33H39F2N9O2. The average Bonchev–Trinajstić information content (AvgIpc) is 3.62. The van der Waals surface area contributed by atoms with Gasteiger partial charge in [0, 0.05) is 62.5 Å². The van der Waals surface area contributed by atoms with E-state index in [0.717, 1.165) is 91.9 Å². The molecule has 46 heavy (non-hydrogen) atoms. The molecular weight excluding hydrogens is 592 g/mol. The Bertz CT molecular complexity index is 1740. The van der Waals surface area contributed by atoms with Crippen LogP contribution in [0.4, 0.5) is 20.3 Å². The molecule has 0 radical (unpaired) electrons. The number of benzene rings is 1. The smallest absolute Gasteiger partial charge is 0.284 e. The minimum Gasteiger partial charge on any atom is -0.396 e. The van der Waals surface area contributed by atoms with E-state index in [2.05, 4.69) is 38.4 Å². The van der Waals surface area contributed by atoms with Crippen LogP contribution in [0.1, 0.15) is 68.4 Å². The lowest BCUT2D eigenvalue weighted by Gasteiger charge is -2.38. The summed E-state index contributed by atoms with van der Waals surface area (Å²) in [4.78, 5) is 33.9. The number of anilines is 2. The number of fused-ring (bicyclic) bond motifs is 1. The van der Waals surface area contributed by atoms with Gasteiger partial charge in [-0.2, -0.15) is 10.2 Å². The fourth-order valence-corrected chi connectivity index (χ4v) is 7.40. The normalized spacial score (nSPS) is 23.0. The van der Waals surface area contributed by atoms with E-state index >= 15 is 0 Å². The van der Waals surface area contributed by atoms with Crippen LogP contribution in [0, 0.1) is 12.8 Å². The Morgan fingerprint density at radius 3 is 2.46 bits per heavy atom. The molecule has 5 heterocycles. The predicted octanol–water partition coefficient (Wildman–Crippen LogP) is 4.65. The summed E-state index contributed by atoms with van der Waals surface area (Å²) in [5.74, 6) is 0.991. The molecule has 7 rings (SSSR count). The zero-order valence-electron chi connectivity index (χ0n) is 25.9. The van der Waals surface area contributed by atoms with Crippen LogP contribution in [0.3, 0.4) is 0 Å². The monoisotopic (exact) mass is 631 g/mol. The third kappa shape index (κ3) is 5.83. The molecule has 2 saturated heterocycles. The van der Waals surface area contributed by atoms with Crippen molar-refractivity contribution in [3.05, 3.63) is 54.1 Å². The molecule has 1 unspecified atom stereocenters. The second-order valence-electron chi connectivity index (χ2n) is 12.8. The maximum atomic E-state index is 13.1. The molecule has 3 N–H and O–H groups in total. The molecule has 1 atom stereocenters. The number of aryl methyl sites for hydroxylation is 1. The van der Waals surface area contributed by atoms with Gasteiger partial charge in [-0.1, -0.05) is 12.1 Å². The average molecular weight is 632 g/mol. The summed E-state index contributed by atoms with van der Waals surface area (Å²) in [6.07, 6.45) is 5.52. The fraction of sp³-hybridized carbons (Fsp3) is 0.485. The van der Waals surface area contributed by atoms with Crippen LogP contribution in [-0.2, 0) is 9.59 Å². The first-order chi connectivity index (χ1) is 22.2. The van der Waals surface area contributed by atoms with Crippen molar-refractivity contribution in [3.63, 3.8) is 0 Å². The summed E-state index contributed by atoms with van der Waals surface area (Å²) in [6.45, 7) is 6.73. The molecule has 1 saturated carbocycles. The molecule has 2 amide bonds. The number of halogens is 2. The van der Waals surface area contributed by atoms with Crippen molar-refractivity contribution in [1.29, 1.82) is 0 Å². The summed E-state index contributed by atoms with van der Waals surface area (Å²) in [6, 6.07) is 9.79. The Morgan fingerprint density at radius 2 is 1.78 bits per heavy atom. The Balaban J connectivity index is 0.951. The summed E-state index contributed by atoms with van der Waals surface area (Å²) in [5, 5.41) is 12.2. The maximum absolute atomic E-state index is 13.1. The van der Waals surface area contributed by atoms with E-state index in [9.17, 15) is 18.4 Å². The van der Waals surface area contributed by atoms with Crippen LogP contribution in [-0.4, -0.2) is 74.0 Å². The standard InChI is InChI=1S/C33H39F2N9O2/c1-20-30-24(3-2-4-26(30)44(39-20)27-10-12-29(45)38-33(27)46)22-7-11-28(37-17-22)42-15-13-41(14-16-42)18-21-5-8-23(9-6-21)43-19-25(36)31(40-43)32(34)35/h2-4,7,11,17,19,21,23,27,32H,5-6,8-10,12-16,18,36H2,1H3,(H,38,45,46). The molecule has 3 aliphatic rings. The number of piperidine rings is 1. The first-order valence-corrected chi connectivity index (χ1v) is 16.1. The third-order valence-corrected chi connectivity index (χ3v) is 9.87. The molecule has 3 fully saturated rings. The van der Waals surface area contributed by atoms with Gasteiger partial charge in [-0.3, -0.25) is 29.2 Å². The van der Waals surface area contributed by atoms with Crippen molar-refractivity contribution >= 4 is 34.2 Å². The number of carbonyl (C=O) groups excluding carboxylic acids is 2. The van der Waals surface area contributed by atoms with Gasteiger partial charge < -0.3 is 10.6 Å². The SMILES string of the molecule is Cc1nn(C2CCC(=O)NC2=O)c2cccc(-c3ccc(N4CCN(CC5CCC(n6cc(N)c(C(F)F)n6)CC5)CC4)nc3)c12. The van der Waals surface area contributed by atoms with Gasteiger partial charge >= 0.3 is 0 Å². The summed E-state index contributed by atoms with van der Waals surface area (Å²) in [5.41, 5.74) is 9.20. The molecule has 1 aromatic carbocycles. The van der Waals surface area contributed by atoms with Crippen LogP contribution < -0.4 is 16.0 Å². The van der Waals surface area contributed by atoms with Crippen LogP contribution in [0.25, 0.3) is 22.0 Å². The lowest BCUT2D eigenvalue weighted by Crippen LogP contribution is -2.48. The molecule has 0 bridgehead atoms. The van der Waals surface area contributed by atoms with Crippen molar-refractivity contribution in [2.45, 2.75) is 64.0 Å². The Hall–Kier alpha value is -4.39. The van der Waals surface area contributed by atoms with Crippen molar-refractivity contribution in [2.24, 2.45) is 5.92 Å². The van der Waals surface area contributed by atoms with Gasteiger partial charge in [0.1, 0.15) is 11.9 Å². The topological polar surface area (TPSA) is 127 Å². The number of imide groups is 1. The number of alkyl halides is 2. The number of nitrogen functional groups attached to an aromatic ring is 1. The number of pyridine rings is 1. The van der Waals surface area contributed by atoms with Crippen LogP contribution in [0.15, 0.2) is 42.7 Å². The summed E-state index contributed by atoms with van der Waals surface area (Å²) in [7, 11) is 0. The second kappa shape index (κ2) is 12.4. The van der Waals surface area contributed by atoms with Gasteiger partial charge in [0.15, 0.2) is 5.69 Å². The largest absolute Gasteiger partial charge is 0.396 e. The summed E-state index contributed by atoms with van der Waals surface area (Å²) >= 11 is 0. The van der Waals surface area contributed by atoms with Crippen LogP contribution in [0.5, 0.6) is 0 Å². The van der Waals surface area contributed by atoms with E-state index in [0.29, 0.717) is 18.8 Å². The Labute approximate surface area is 265 Å². The van der Waals surface area contributed by atoms with E-state index in [1.165, 1.54) is 0 Å². The number of nitrogens with two attached hydrogens (primary N) is 1. The molecule has 13 heteroatoms. The number of carbonyl (C=O) groups is 2. The number of hydrogen-bond acceptors (Lipinski definition) is 8. The van der Waals surface area contributed by atoms with Gasteiger partial charge in [-0.05, 0) is 68.7 Å². The van der Waals surface area contributed by atoms with E-state index in [1.54, 1.807) is 15.6 Å². The van der Waals surface area contributed by atoms with Gasteiger partial charge in [-0.15, -0.1) is 0 Å². The first-order valence-electron chi connectivity index (χ1n) is 16.1. The number of rotatable bonds is 7. The predicted molar refractivity (Wildman–Crippen MR) is 170 cm³/mol. The number of piperazine rings is 1. The minimum atomic E-state index is -2.65. The molecule has 242 valence electrons. The van der Waals surface area contributed by atoms with Crippen molar-refractivity contribution in [1.82, 2.24) is 34.8 Å². The van der Waals surface area contributed by atoms with Gasteiger partial charge in [0.2, 0.25) is 5.91 Å².